The summed E-state index contributed by atoms with van der Waals surface area (Å²) in [6, 6.07) is 8.97. The third-order valence-electron chi connectivity index (χ3n) is 3.21. The zero-order valence-corrected chi connectivity index (χ0v) is 13.6. The fourth-order valence-corrected chi connectivity index (χ4v) is 2.20. The number of halogens is 1. The van der Waals surface area contributed by atoms with Crippen LogP contribution in [0, 0.1) is 0 Å². The summed E-state index contributed by atoms with van der Waals surface area (Å²) in [5.41, 5.74) is 8.75. The van der Waals surface area contributed by atoms with E-state index in [1.807, 2.05) is 18.2 Å². The number of pyridine rings is 2. The van der Waals surface area contributed by atoms with Gasteiger partial charge in [-0.15, -0.1) is 10.2 Å². The number of allylic oxidation sites excluding steroid dienone is 1. The highest BCUT2D eigenvalue weighted by atomic mass is 35.5. The number of hydrogen-bond donors (Lipinski definition) is 2. The minimum absolute atomic E-state index is 0.333. The third-order valence-corrected chi connectivity index (χ3v) is 3.41. The van der Waals surface area contributed by atoms with E-state index >= 15 is 0 Å². The topological polar surface area (TPSA) is 102 Å². The number of nitrogens with one attached hydrogen (secondary N) is 1. The van der Waals surface area contributed by atoms with Gasteiger partial charge < -0.3 is 11.1 Å². The maximum Gasteiger partial charge on any atom is 0.154 e. The molecular weight excluding hydrogens is 326 g/mol. The van der Waals surface area contributed by atoms with E-state index in [9.17, 15) is 0 Å². The standard InChI is InChI=1S/C16H14ClN7/c1-19-8-11(7-18)10-6-13-12(20-9-10)2-4-15(21-13)22-16-5-3-14(17)23-24-16/h2-9H,18H2,1H3,(H,21,22,24). The van der Waals surface area contributed by atoms with Crippen LogP contribution in [0.15, 0.2) is 47.7 Å². The molecule has 0 saturated heterocycles. The monoisotopic (exact) mass is 339 g/mol. The summed E-state index contributed by atoms with van der Waals surface area (Å²) in [7, 11) is 1.69. The maximum absolute atomic E-state index is 5.73. The van der Waals surface area contributed by atoms with Crippen molar-refractivity contribution in [3.8, 4) is 0 Å². The van der Waals surface area contributed by atoms with Gasteiger partial charge in [-0.25, -0.2) is 4.98 Å². The van der Waals surface area contributed by atoms with Crippen molar-refractivity contribution in [3.05, 3.63) is 53.4 Å². The van der Waals surface area contributed by atoms with Crippen molar-refractivity contribution in [2.24, 2.45) is 10.7 Å². The molecule has 0 spiro atoms. The molecule has 3 aromatic rings. The molecule has 0 saturated carbocycles. The number of aliphatic imine (C=N–C) groups is 1. The summed E-state index contributed by atoms with van der Waals surface area (Å²) >= 11 is 5.73. The van der Waals surface area contributed by atoms with Crippen LogP contribution >= 0.6 is 11.6 Å². The van der Waals surface area contributed by atoms with Gasteiger partial charge in [-0.2, -0.15) is 0 Å². The van der Waals surface area contributed by atoms with E-state index in [1.165, 1.54) is 6.20 Å². The Hall–Kier alpha value is -3.06. The molecule has 3 rings (SSSR count). The van der Waals surface area contributed by atoms with Gasteiger partial charge in [0.05, 0.1) is 11.0 Å². The summed E-state index contributed by atoms with van der Waals surface area (Å²) in [6.45, 7) is 0. The lowest BCUT2D eigenvalue weighted by Gasteiger charge is -2.07. The van der Waals surface area contributed by atoms with E-state index < -0.39 is 0 Å². The quantitative estimate of drug-likeness (QED) is 0.708. The Labute approximate surface area is 143 Å². The molecule has 0 aliphatic heterocycles. The number of fused-ring (bicyclic) bond motifs is 1. The fourth-order valence-electron chi connectivity index (χ4n) is 2.10. The van der Waals surface area contributed by atoms with Gasteiger partial charge in [0.25, 0.3) is 0 Å². The molecule has 0 bridgehead atoms. The zero-order chi connectivity index (χ0) is 16.9. The molecule has 0 radical (unpaired) electrons. The molecule has 7 nitrogen and oxygen atoms in total. The first-order valence-electron chi connectivity index (χ1n) is 7.07. The minimum atomic E-state index is 0.333. The highest BCUT2D eigenvalue weighted by molar-refractivity contribution is 6.29. The number of nitrogens with two attached hydrogens (primary N) is 1. The van der Waals surface area contributed by atoms with E-state index in [0.29, 0.717) is 16.8 Å². The number of anilines is 2. The van der Waals surface area contributed by atoms with Crippen LogP contribution in [0.5, 0.6) is 0 Å². The molecule has 0 aliphatic carbocycles. The summed E-state index contributed by atoms with van der Waals surface area (Å²) in [5, 5.41) is 11.1. The zero-order valence-electron chi connectivity index (χ0n) is 12.8. The fraction of sp³-hybridized carbons (Fsp3) is 0.0625. The van der Waals surface area contributed by atoms with Crippen LogP contribution < -0.4 is 11.1 Å². The lowest BCUT2D eigenvalue weighted by molar-refractivity contribution is 1.03. The van der Waals surface area contributed by atoms with Gasteiger partial charge in [-0.1, -0.05) is 11.6 Å². The summed E-state index contributed by atoms with van der Waals surface area (Å²) in [4.78, 5) is 12.9. The molecule has 24 heavy (non-hydrogen) atoms. The van der Waals surface area contributed by atoms with Gasteiger partial charge in [0.15, 0.2) is 11.0 Å². The van der Waals surface area contributed by atoms with Gasteiger partial charge in [-0.3, -0.25) is 9.98 Å². The normalized spacial score (nSPS) is 12.0. The number of rotatable bonds is 4. The highest BCUT2D eigenvalue weighted by Crippen LogP contribution is 2.20. The molecular formula is C16H14ClN7. The van der Waals surface area contributed by atoms with E-state index in [4.69, 9.17) is 17.3 Å². The second-order valence-corrected chi connectivity index (χ2v) is 5.22. The van der Waals surface area contributed by atoms with Gasteiger partial charge in [-0.05, 0) is 30.3 Å². The molecule has 0 atom stereocenters. The largest absolute Gasteiger partial charge is 0.404 e. The SMILES string of the molecule is CN=CC(=CN)c1cnc2ccc(Nc3ccc(Cl)nn3)nc2c1. The van der Waals surface area contributed by atoms with Crippen molar-refractivity contribution in [1.29, 1.82) is 0 Å². The second kappa shape index (κ2) is 7.01. The van der Waals surface area contributed by atoms with Crippen LogP contribution in [-0.2, 0) is 0 Å². The third kappa shape index (κ3) is 3.47. The van der Waals surface area contributed by atoms with Crippen LogP contribution in [0.2, 0.25) is 5.15 Å². The number of aromatic nitrogens is 4. The summed E-state index contributed by atoms with van der Waals surface area (Å²) in [5.74, 6) is 1.18. The van der Waals surface area contributed by atoms with Crippen LogP contribution in [0.1, 0.15) is 5.56 Å². The first kappa shape index (κ1) is 15.8. The van der Waals surface area contributed by atoms with Gasteiger partial charge >= 0.3 is 0 Å². The molecule has 0 aromatic carbocycles. The molecule has 8 heteroatoms. The molecule has 0 unspecified atom stereocenters. The Morgan fingerprint density at radius 1 is 1.17 bits per heavy atom. The number of hydrogen-bond acceptors (Lipinski definition) is 7. The van der Waals surface area contributed by atoms with Gasteiger partial charge in [0, 0.05) is 36.8 Å². The van der Waals surface area contributed by atoms with Crippen LogP contribution in [0.4, 0.5) is 11.6 Å². The lowest BCUT2D eigenvalue weighted by atomic mass is 10.1. The smallest absolute Gasteiger partial charge is 0.154 e. The first-order chi connectivity index (χ1) is 11.7. The summed E-state index contributed by atoms with van der Waals surface area (Å²) in [6.07, 6.45) is 4.90. The molecule has 0 fully saturated rings. The Morgan fingerprint density at radius 3 is 2.71 bits per heavy atom. The second-order valence-electron chi connectivity index (χ2n) is 4.83. The van der Waals surface area contributed by atoms with Crippen molar-refractivity contribution in [2.45, 2.75) is 0 Å². The maximum atomic E-state index is 5.73. The predicted octanol–water partition coefficient (Wildman–Crippen LogP) is 2.82. The van der Waals surface area contributed by atoms with E-state index in [2.05, 4.69) is 30.5 Å². The van der Waals surface area contributed by atoms with Crippen molar-refractivity contribution in [3.63, 3.8) is 0 Å². The van der Waals surface area contributed by atoms with Gasteiger partial charge in [0.1, 0.15) is 5.82 Å². The van der Waals surface area contributed by atoms with E-state index in [0.717, 1.165) is 22.2 Å². The van der Waals surface area contributed by atoms with Crippen LogP contribution in [0.3, 0.4) is 0 Å². The predicted molar refractivity (Wildman–Crippen MR) is 96.4 cm³/mol. The van der Waals surface area contributed by atoms with Crippen LogP contribution in [0.25, 0.3) is 16.6 Å². The Morgan fingerprint density at radius 2 is 2.00 bits per heavy atom. The Kier molecular flexibility index (Phi) is 4.62. The number of nitrogens with zero attached hydrogens (tertiary/aromatic N) is 5. The Bertz CT molecular complexity index is 919. The van der Waals surface area contributed by atoms with Crippen molar-refractivity contribution in [2.75, 3.05) is 12.4 Å². The lowest BCUT2D eigenvalue weighted by Crippen LogP contribution is -1.98. The molecule has 120 valence electrons. The van der Waals surface area contributed by atoms with E-state index in [1.54, 1.807) is 31.6 Å². The van der Waals surface area contributed by atoms with Crippen LogP contribution in [-0.4, -0.2) is 33.4 Å². The summed E-state index contributed by atoms with van der Waals surface area (Å²) < 4.78 is 0. The van der Waals surface area contributed by atoms with E-state index in [-0.39, 0.29) is 0 Å². The molecule has 3 heterocycles. The van der Waals surface area contributed by atoms with Gasteiger partial charge in [0.2, 0.25) is 0 Å². The Balaban J connectivity index is 1.95. The minimum Gasteiger partial charge on any atom is -0.404 e. The molecule has 0 amide bonds. The molecule has 3 N–H and O–H groups in total. The first-order valence-corrected chi connectivity index (χ1v) is 7.45. The van der Waals surface area contributed by atoms with Crippen molar-refractivity contribution >= 4 is 46.1 Å². The molecule has 0 aliphatic rings. The van der Waals surface area contributed by atoms with Crippen molar-refractivity contribution < 1.29 is 0 Å². The van der Waals surface area contributed by atoms with Crippen molar-refractivity contribution in [1.82, 2.24) is 20.2 Å². The average Bonchev–Trinajstić information content (AvgIpc) is 2.61. The average molecular weight is 340 g/mol. The molecule has 3 aromatic heterocycles. The highest BCUT2D eigenvalue weighted by Gasteiger charge is 2.05.